The van der Waals surface area contributed by atoms with Crippen molar-refractivity contribution in [1.29, 1.82) is 5.26 Å². The van der Waals surface area contributed by atoms with Crippen molar-refractivity contribution in [2.45, 2.75) is 31.5 Å². The quantitative estimate of drug-likeness (QED) is 0.139. The third-order valence-electron chi connectivity index (χ3n) is 7.23. The smallest absolute Gasteiger partial charge is 0.243 e. The number of nitrogens with one attached hydrogen (secondary N) is 4. The maximum atomic E-state index is 13.9. The minimum Gasteiger partial charge on any atom is -0.492 e. The number of carbonyl (C=O) groups excluding carboxylic acids is 3. The molecule has 0 spiro atoms. The van der Waals surface area contributed by atoms with E-state index in [0.717, 1.165) is 4.31 Å². The van der Waals surface area contributed by atoms with Gasteiger partial charge < -0.3 is 42.2 Å². The summed E-state index contributed by atoms with van der Waals surface area (Å²) in [4.78, 5) is 40.2. The van der Waals surface area contributed by atoms with E-state index in [1.54, 1.807) is 43.4 Å². The number of nitrogens with two attached hydrogens (primary N) is 2. The van der Waals surface area contributed by atoms with E-state index in [-0.39, 0.29) is 51.6 Å². The van der Waals surface area contributed by atoms with Crippen LogP contribution in [0.1, 0.15) is 24.1 Å². The standard InChI is InChI=1S/C30H42N8O7S/c1-19-28(39)37-24(29(40)35-11-8-31)17-20-4-6-25(44-13-9-32)22(16-20)23-18-21(5-7-26(23)45-14-10-33)27(30(41)36-19)38(3)46(42,43)15-12-34-2/h4-7,16,18-19,24,27,34H,9-15,17,32-33H2,1-3H3,(H,35,40)(H,36,41)(H,37,39)/t19-,24-,27-/m0/s1. The SMILES string of the molecule is CNCCS(=O)(=O)N(C)[C@@H]1C(=O)N[C@@H](C)C(=O)N[C@H](C(=O)NCC#N)Cc2ccc(OCCN)c(c2)-c2cc1ccc2OCCN. The molecular formula is C30H42N8O7S. The number of ether oxygens (including phenoxy) is 2. The van der Waals surface area contributed by atoms with Crippen molar-refractivity contribution in [2.24, 2.45) is 11.5 Å². The molecule has 2 aromatic carbocycles. The lowest BCUT2D eigenvalue weighted by molar-refractivity contribution is -0.132. The lowest BCUT2D eigenvalue weighted by Gasteiger charge is -2.29. The summed E-state index contributed by atoms with van der Waals surface area (Å²) in [7, 11) is -1.07. The first-order chi connectivity index (χ1) is 22.0. The van der Waals surface area contributed by atoms with Gasteiger partial charge in [-0.1, -0.05) is 12.1 Å². The van der Waals surface area contributed by atoms with Crippen molar-refractivity contribution in [2.75, 3.05) is 59.2 Å². The van der Waals surface area contributed by atoms with Crippen molar-refractivity contribution in [3.63, 3.8) is 0 Å². The summed E-state index contributed by atoms with van der Waals surface area (Å²) in [5.74, 6) is -1.54. The number of nitriles is 1. The third-order valence-corrected chi connectivity index (χ3v) is 9.04. The van der Waals surface area contributed by atoms with Crippen molar-refractivity contribution in [3.05, 3.63) is 47.5 Å². The molecule has 3 atom stereocenters. The molecule has 250 valence electrons. The lowest BCUT2D eigenvalue weighted by Crippen LogP contribution is -2.55. The average molecular weight is 659 g/mol. The monoisotopic (exact) mass is 658 g/mol. The predicted molar refractivity (Wildman–Crippen MR) is 171 cm³/mol. The van der Waals surface area contributed by atoms with Crippen LogP contribution >= 0.6 is 0 Å². The van der Waals surface area contributed by atoms with E-state index in [1.807, 2.05) is 6.07 Å². The van der Waals surface area contributed by atoms with Gasteiger partial charge in [-0.15, -0.1) is 0 Å². The number of carbonyl (C=O) groups is 3. The van der Waals surface area contributed by atoms with E-state index in [4.69, 9.17) is 26.2 Å². The van der Waals surface area contributed by atoms with Gasteiger partial charge in [0, 0.05) is 44.2 Å². The highest BCUT2D eigenvalue weighted by atomic mass is 32.2. The molecule has 3 rings (SSSR count). The zero-order valence-corrected chi connectivity index (χ0v) is 27.0. The fourth-order valence-electron chi connectivity index (χ4n) is 4.84. The molecule has 0 aliphatic carbocycles. The minimum absolute atomic E-state index is 0.0294. The van der Waals surface area contributed by atoms with E-state index in [1.165, 1.54) is 14.0 Å². The summed E-state index contributed by atoms with van der Waals surface area (Å²) in [5, 5.41) is 19.5. The molecule has 0 unspecified atom stereocenters. The van der Waals surface area contributed by atoms with Crippen LogP contribution in [0.4, 0.5) is 0 Å². The Morgan fingerprint density at radius 3 is 2.28 bits per heavy atom. The van der Waals surface area contributed by atoms with Gasteiger partial charge in [-0.05, 0) is 49.4 Å². The minimum atomic E-state index is -3.98. The molecule has 3 amide bonds. The van der Waals surface area contributed by atoms with Crippen molar-refractivity contribution in [3.8, 4) is 28.7 Å². The topological polar surface area (TPSA) is 231 Å². The second-order valence-electron chi connectivity index (χ2n) is 10.6. The van der Waals surface area contributed by atoms with E-state index in [9.17, 15) is 22.8 Å². The molecule has 1 aliphatic rings. The number of sulfonamides is 1. The van der Waals surface area contributed by atoms with Crippen LogP contribution in [0, 0.1) is 11.3 Å². The normalized spacial score (nSPS) is 18.5. The summed E-state index contributed by atoms with van der Waals surface area (Å²) in [5.41, 5.74) is 13.3. The zero-order chi connectivity index (χ0) is 33.9. The molecule has 15 nitrogen and oxygen atoms in total. The summed E-state index contributed by atoms with van der Waals surface area (Å²) in [6.07, 6.45) is 0.0294. The van der Waals surface area contributed by atoms with Gasteiger partial charge in [-0.3, -0.25) is 14.4 Å². The Hall–Kier alpha value is -4.27. The van der Waals surface area contributed by atoms with Gasteiger partial charge >= 0.3 is 0 Å². The van der Waals surface area contributed by atoms with Crippen molar-refractivity contribution >= 4 is 27.7 Å². The number of hydrogen-bond acceptors (Lipinski definition) is 11. The summed E-state index contributed by atoms with van der Waals surface area (Å²) in [6, 6.07) is 8.19. The van der Waals surface area contributed by atoms with Crippen LogP contribution in [0.25, 0.3) is 11.1 Å². The molecule has 4 bridgehead atoms. The highest BCUT2D eigenvalue weighted by Gasteiger charge is 2.36. The molecule has 0 saturated heterocycles. The van der Waals surface area contributed by atoms with Crippen LogP contribution in [-0.2, 0) is 30.8 Å². The summed E-state index contributed by atoms with van der Waals surface area (Å²) >= 11 is 0. The van der Waals surface area contributed by atoms with Crippen LogP contribution in [0.2, 0.25) is 0 Å². The van der Waals surface area contributed by atoms with E-state index in [0.29, 0.717) is 33.8 Å². The fourth-order valence-corrected chi connectivity index (χ4v) is 6.13. The fraction of sp³-hybridized carbons (Fsp3) is 0.467. The first-order valence-corrected chi connectivity index (χ1v) is 16.4. The number of amides is 3. The van der Waals surface area contributed by atoms with Crippen molar-refractivity contribution in [1.82, 2.24) is 25.6 Å². The Morgan fingerprint density at radius 2 is 1.67 bits per heavy atom. The van der Waals surface area contributed by atoms with Gasteiger partial charge in [0.2, 0.25) is 27.7 Å². The van der Waals surface area contributed by atoms with Gasteiger partial charge in [0.25, 0.3) is 0 Å². The Bertz CT molecular complexity index is 1550. The first-order valence-electron chi connectivity index (χ1n) is 14.8. The first kappa shape index (κ1) is 36.2. The summed E-state index contributed by atoms with van der Waals surface area (Å²) in [6.45, 7) is 2.06. The van der Waals surface area contributed by atoms with Gasteiger partial charge in [-0.25, -0.2) is 8.42 Å². The second kappa shape index (κ2) is 16.9. The highest BCUT2D eigenvalue weighted by molar-refractivity contribution is 7.89. The van der Waals surface area contributed by atoms with E-state index in [2.05, 4.69) is 21.3 Å². The summed E-state index contributed by atoms with van der Waals surface area (Å²) < 4.78 is 39.6. The Labute approximate surface area is 269 Å². The van der Waals surface area contributed by atoms with Crippen LogP contribution < -0.4 is 42.2 Å². The molecule has 1 aliphatic heterocycles. The van der Waals surface area contributed by atoms with E-state index >= 15 is 0 Å². The van der Waals surface area contributed by atoms with Gasteiger partial charge in [0.05, 0.1) is 11.8 Å². The Balaban J connectivity index is 2.32. The number of benzene rings is 2. The highest BCUT2D eigenvalue weighted by Crippen LogP contribution is 2.40. The molecule has 0 radical (unpaired) electrons. The molecule has 0 saturated carbocycles. The number of hydrogen-bond donors (Lipinski definition) is 6. The second-order valence-corrected chi connectivity index (χ2v) is 12.7. The average Bonchev–Trinajstić information content (AvgIpc) is 3.04. The predicted octanol–water partition coefficient (Wildman–Crippen LogP) is -1.26. The molecule has 8 N–H and O–H groups in total. The van der Waals surface area contributed by atoms with Gasteiger partial charge in [0.1, 0.15) is 49.4 Å². The molecule has 1 heterocycles. The molecule has 0 fully saturated rings. The largest absolute Gasteiger partial charge is 0.492 e. The Kier molecular flexibility index (Phi) is 13.3. The van der Waals surface area contributed by atoms with E-state index < -0.39 is 45.9 Å². The molecule has 46 heavy (non-hydrogen) atoms. The van der Waals surface area contributed by atoms with Crippen LogP contribution in [0.5, 0.6) is 11.5 Å². The Morgan fingerprint density at radius 1 is 1.04 bits per heavy atom. The maximum absolute atomic E-state index is 13.9. The van der Waals surface area contributed by atoms with Crippen LogP contribution in [0.3, 0.4) is 0 Å². The number of fused-ring (bicyclic) bond motifs is 5. The number of rotatable bonds is 13. The maximum Gasteiger partial charge on any atom is 0.243 e. The van der Waals surface area contributed by atoms with Gasteiger partial charge in [0.15, 0.2) is 0 Å². The number of likely N-dealkylation sites (N-methyl/N-ethyl adjacent to an activating group) is 1. The van der Waals surface area contributed by atoms with Crippen LogP contribution in [0.15, 0.2) is 36.4 Å². The molecule has 2 aromatic rings. The van der Waals surface area contributed by atoms with Crippen molar-refractivity contribution < 1.29 is 32.3 Å². The van der Waals surface area contributed by atoms with Crippen LogP contribution in [-0.4, -0.2) is 102 Å². The number of nitrogens with zero attached hydrogens (tertiary/aromatic N) is 2. The zero-order valence-electron chi connectivity index (χ0n) is 26.2. The molecule has 0 aromatic heterocycles. The third kappa shape index (κ3) is 9.14. The lowest BCUT2D eigenvalue weighted by atomic mass is 9.94. The molecular weight excluding hydrogens is 616 g/mol. The van der Waals surface area contributed by atoms with Gasteiger partial charge in [-0.2, -0.15) is 9.57 Å². The molecule has 16 heteroatoms.